The molecule has 3 heterocycles. The predicted octanol–water partition coefficient (Wildman–Crippen LogP) is 4.68. The smallest absolute Gasteiger partial charge is 0.410 e. The molecule has 4 rings (SSSR count). The molecule has 9 nitrogen and oxygen atoms in total. The monoisotopic (exact) mass is 455 g/mol. The van der Waals surface area contributed by atoms with E-state index in [1.807, 2.05) is 52.5 Å². The summed E-state index contributed by atoms with van der Waals surface area (Å²) >= 11 is 0. The number of nitrogens with zero attached hydrogens (tertiary/aromatic N) is 5. The van der Waals surface area contributed by atoms with Crippen molar-refractivity contribution in [3.05, 3.63) is 24.0 Å². The molecule has 0 spiro atoms. The molecule has 2 aromatic heterocycles. The van der Waals surface area contributed by atoms with Gasteiger partial charge in [-0.25, -0.2) is 9.78 Å². The number of carbonyl (C=O) groups is 1. The van der Waals surface area contributed by atoms with Crippen molar-refractivity contribution in [3.8, 4) is 0 Å². The lowest BCUT2D eigenvalue weighted by Crippen LogP contribution is -2.50. The van der Waals surface area contributed by atoms with E-state index < -0.39 is 5.60 Å². The number of nitrogens with one attached hydrogen (secondary N) is 2. The van der Waals surface area contributed by atoms with Gasteiger partial charge in [-0.3, -0.25) is 5.10 Å². The molecule has 33 heavy (non-hydrogen) atoms. The Labute approximate surface area is 196 Å². The number of amides is 1. The molecule has 9 heteroatoms. The van der Waals surface area contributed by atoms with Crippen molar-refractivity contribution in [1.29, 1.82) is 0 Å². The van der Waals surface area contributed by atoms with Crippen molar-refractivity contribution in [1.82, 2.24) is 25.1 Å². The molecule has 1 amide bonds. The van der Waals surface area contributed by atoms with Crippen LogP contribution < -0.4 is 10.2 Å². The Balaban J connectivity index is 1.38. The molecule has 2 fully saturated rings. The maximum Gasteiger partial charge on any atom is 0.410 e. The van der Waals surface area contributed by atoms with E-state index in [0.29, 0.717) is 24.3 Å². The van der Waals surface area contributed by atoms with E-state index in [-0.39, 0.29) is 11.6 Å². The van der Waals surface area contributed by atoms with Crippen LogP contribution in [0.5, 0.6) is 0 Å². The van der Waals surface area contributed by atoms with E-state index in [1.54, 1.807) is 6.20 Å². The topological polar surface area (TPSA) is 99.3 Å². The van der Waals surface area contributed by atoms with Crippen molar-refractivity contribution in [2.75, 3.05) is 29.9 Å². The van der Waals surface area contributed by atoms with Gasteiger partial charge in [0.15, 0.2) is 5.82 Å². The number of ether oxygens (including phenoxy) is 1. The first-order chi connectivity index (χ1) is 15.5. The van der Waals surface area contributed by atoms with Crippen LogP contribution in [0, 0.1) is 5.92 Å². The maximum absolute atomic E-state index is 12.9. The van der Waals surface area contributed by atoms with Gasteiger partial charge in [0.25, 0.3) is 0 Å². The van der Waals surface area contributed by atoms with Gasteiger partial charge in [-0.2, -0.15) is 10.1 Å². The first kappa shape index (κ1) is 23.3. The van der Waals surface area contributed by atoms with Crippen molar-refractivity contribution >= 4 is 23.7 Å². The third kappa shape index (κ3) is 6.15. The standard InChI is InChI=1S/C24H37N7O2/c1-23(2,3)31(22(32)33-24(4,5)6)15-16-10-12-30(14-16)21-25-11-9-19(27-21)26-20-13-18(28-29-20)17-7-8-17/h9,11,13,16-17H,7-8,10,12,14-15H2,1-6H3,(H2,25,26,27,28,29)/t16-/m1/s1. The molecule has 0 radical (unpaired) electrons. The highest BCUT2D eigenvalue weighted by Gasteiger charge is 2.35. The number of aromatic amines is 1. The number of anilines is 3. The largest absolute Gasteiger partial charge is 0.444 e. The highest BCUT2D eigenvalue weighted by Crippen LogP contribution is 2.39. The number of rotatable bonds is 6. The number of hydrogen-bond acceptors (Lipinski definition) is 7. The Kier molecular flexibility index (Phi) is 6.24. The highest BCUT2D eigenvalue weighted by molar-refractivity contribution is 5.69. The van der Waals surface area contributed by atoms with Crippen LogP contribution in [0.2, 0.25) is 0 Å². The fourth-order valence-corrected chi connectivity index (χ4v) is 4.07. The second kappa shape index (κ2) is 8.83. The van der Waals surface area contributed by atoms with E-state index in [0.717, 1.165) is 31.1 Å². The second-order valence-corrected chi connectivity index (χ2v) is 11.2. The quantitative estimate of drug-likeness (QED) is 0.652. The van der Waals surface area contributed by atoms with Gasteiger partial charge >= 0.3 is 6.09 Å². The van der Waals surface area contributed by atoms with E-state index >= 15 is 0 Å². The SMILES string of the molecule is CC(C)(C)OC(=O)N(C[C@@H]1CCN(c2nccc(Nc3cc(C4CC4)[nH]n3)n2)C1)C(C)(C)C. The minimum atomic E-state index is -0.517. The molecule has 180 valence electrons. The van der Waals surface area contributed by atoms with Crippen LogP contribution in [-0.2, 0) is 4.74 Å². The fourth-order valence-electron chi connectivity index (χ4n) is 4.07. The molecule has 0 unspecified atom stereocenters. The molecule has 2 N–H and O–H groups in total. The van der Waals surface area contributed by atoms with E-state index in [9.17, 15) is 4.79 Å². The summed E-state index contributed by atoms with van der Waals surface area (Å²) in [6, 6.07) is 3.91. The summed E-state index contributed by atoms with van der Waals surface area (Å²) < 4.78 is 5.67. The lowest BCUT2D eigenvalue weighted by molar-refractivity contribution is 0.00263. The van der Waals surface area contributed by atoms with Crippen LogP contribution in [0.1, 0.15) is 72.4 Å². The lowest BCUT2D eigenvalue weighted by Gasteiger charge is -2.38. The van der Waals surface area contributed by atoms with Gasteiger partial charge in [-0.1, -0.05) is 0 Å². The number of aromatic nitrogens is 4. The summed E-state index contributed by atoms with van der Waals surface area (Å²) in [5, 5.41) is 10.7. The van der Waals surface area contributed by atoms with E-state index in [1.165, 1.54) is 18.5 Å². The minimum Gasteiger partial charge on any atom is -0.444 e. The van der Waals surface area contributed by atoms with E-state index in [2.05, 4.69) is 31.5 Å². The molecule has 0 aromatic carbocycles. The molecule has 2 aliphatic rings. The van der Waals surface area contributed by atoms with Crippen LogP contribution in [-0.4, -0.2) is 61.9 Å². The van der Waals surface area contributed by atoms with Crippen LogP contribution in [0.25, 0.3) is 0 Å². The second-order valence-electron chi connectivity index (χ2n) is 11.2. The van der Waals surface area contributed by atoms with Crippen LogP contribution in [0.15, 0.2) is 18.3 Å². The predicted molar refractivity (Wildman–Crippen MR) is 129 cm³/mol. The molecular weight excluding hydrogens is 418 g/mol. The lowest BCUT2D eigenvalue weighted by atomic mass is 10.0. The molecule has 1 aliphatic heterocycles. The fraction of sp³-hybridized carbons (Fsp3) is 0.667. The average Bonchev–Trinajstić information content (AvgIpc) is 3.26. The maximum atomic E-state index is 12.9. The summed E-state index contributed by atoms with van der Waals surface area (Å²) in [5.41, 5.74) is 0.346. The van der Waals surface area contributed by atoms with Crippen molar-refractivity contribution in [3.63, 3.8) is 0 Å². The van der Waals surface area contributed by atoms with Gasteiger partial charge < -0.3 is 19.9 Å². The normalized spacial score (nSPS) is 19.0. The van der Waals surface area contributed by atoms with Gasteiger partial charge in [0.05, 0.1) is 0 Å². The summed E-state index contributed by atoms with van der Waals surface area (Å²) in [5.74, 6) is 3.15. The van der Waals surface area contributed by atoms with Gasteiger partial charge in [0.2, 0.25) is 5.95 Å². The molecule has 1 saturated heterocycles. The Morgan fingerprint density at radius 3 is 2.64 bits per heavy atom. The average molecular weight is 456 g/mol. The van der Waals surface area contributed by atoms with Crippen LogP contribution >= 0.6 is 0 Å². The summed E-state index contributed by atoms with van der Waals surface area (Å²) in [6.45, 7) is 14.1. The van der Waals surface area contributed by atoms with Crippen LogP contribution in [0.3, 0.4) is 0 Å². The van der Waals surface area contributed by atoms with Crippen molar-refractivity contribution in [2.24, 2.45) is 5.92 Å². The first-order valence-corrected chi connectivity index (χ1v) is 11.9. The zero-order chi connectivity index (χ0) is 23.8. The Morgan fingerprint density at radius 2 is 1.97 bits per heavy atom. The molecule has 1 saturated carbocycles. The van der Waals surface area contributed by atoms with Gasteiger partial charge in [-0.15, -0.1) is 0 Å². The molecule has 0 bridgehead atoms. The number of carbonyl (C=O) groups excluding carboxylic acids is 1. The Bertz CT molecular complexity index is 972. The molecule has 1 aliphatic carbocycles. The van der Waals surface area contributed by atoms with Gasteiger partial charge in [0.1, 0.15) is 11.4 Å². The number of H-pyrrole nitrogens is 1. The number of hydrogen-bond donors (Lipinski definition) is 2. The van der Waals surface area contributed by atoms with Crippen molar-refractivity contribution in [2.45, 2.75) is 77.9 Å². The summed E-state index contributed by atoms with van der Waals surface area (Å²) in [7, 11) is 0. The van der Waals surface area contributed by atoms with Gasteiger partial charge in [0, 0.05) is 49.0 Å². The summed E-state index contributed by atoms with van der Waals surface area (Å²) in [6.07, 6.45) is 4.95. The van der Waals surface area contributed by atoms with E-state index in [4.69, 9.17) is 9.72 Å². The minimum absolute atomic E-state index is 0.263. The third-order valence-electron chi connectivity index (χ3n) is 5.95. The highest BCUT2D eigenvalue weighted by atomic mass is 16.6. The molecule has 2 aromatic rings. The zero-order valence-electron chi connectivity index (χ0n) is 20.7. The first-order valence-electron chi connectivity index (χ1n) is 11.9. The van der Waals surface area contributed by atoms with Gasteiger partial charge in [-0.05, 0) is 72.8 Å². The third-order valence-corrected chi connectivity index (χ3v) is 5.95. The Hall–Kier alpha value is -2.84. The zero-order valence-corrected chi connectivity index (χ0v) is 20.7. The van der Waals surface area contributed by atoms with Crippen molar-refractivity contribution < 1.29 is 9.53 Å². The summed E-state index contributed by atoms with van der Waals surface area (Å²) in [4.78, 5) is 26.1. The van der Waals surface area contributed by atoms with Crippen LogP contribution in [0.4, 0.5) is 22.4 Å². The Morgan fingerprint density at radius 1 is 1.21 bits per heavy atom. The molecular formula is C24H37N7O2. The molecule has 1 atom stereocenters.